The van der Waals surface area contributed by atoms with Crippen LogP contribution in [0.1, 0.15) is 32.6 Å². The minimum Gasteiger partial charge on any atom is -0.398 e. The molecule has 1 aliphatic carbocycles. The third-order valence-corrected chi connectivity index (χ3v) is 5.22. The number of rotatable bonds is 6. The Labute approximate surface area is 119 Å². The molecule has 1 aromatic carbocycles. The third kappa shape index (κ3) is 3.84. The van der Waals surface area contributed by atoms with Crippen molar-refractivity contribution in [2.24, 2.45) is 5.92 Å². The highest BCUT2D eigenvalue weighted by molar-refractivity contribution is 7.89. The monoisotopic (exact) mass is 302 g/mol. The van der Waals surface area contributed by atoms with Crippen LogP contribution in [0.5, 0.6) is 0 Å². The van der Waals surface area contributed by atoms with Crippen LogP contribution in [-0.2, 0) is 10.0 Å². The maximum absolute atomic E-state index is 12.3. The van der Waals surface area contributed by atoms with E-state index in [4.69, 9.17) is 17.3 Å². The molecule has 1 aromatic rings. The van der Waals surface area contributed by atoms with Gasteiger partial charge in [-0.3, -0.25) is 0 Å². The predicted octanol–water partition coefficient (Wildman–Crippen LogP) is 2.78. The molecule has 1 saturated carbocycles. The lowest BCUT2D eigenvalue weighted by Crippen LogP contribution is -2.35. The van der Waals surface area contributed by atoms with Crippen LogP contribution in [0.2, 0.25) is 5.02 Å². The summed E-state index contributed by atoms with van der Waals surface area (Å²) in [6.07, 6.45) is 4.11. The number of hydrogen-bond acceptors (Lipinski definition) is 3. The number of halogens is 1. The van der Waals surface area contributed by atoms with Crippen LogP contribution in [0.25, 0.3) is 0 Å². The fourth-order valence-corrected chi connectivity index (χ4v) is 3.73. The highest BCUT2D eigenvalue weighted by Crippen LogP contribution is 2.34. The van der Waals surface area contributed by atoms with Crippen molar-refractivity contribution in [2.45, 2.75) is 43.5 Å². The summed E-state index contributed by atoms with van der Waals surface area (Å²) >= 11 is 5.78. The van der Waals surface area contributed by atoms with Crippen molar-refractivity contribution >= 4 is 27.3 Å². The molecule has 1 atom stereocenters. The van der Waals surface area contributed by atoms with E-state index in [1.54, 1.807) is 0 Å². The van der Waals surface area contributed by atoms with Crippen molar-refractivity contribution < 1.29 is 8.42 Å². The Kier molecular flexibility index (Phi) is 4.38. The van der Waals surface area contributed by atoms with Gasteiger partial charge in [0.15, 0.2) is 0 Å². The van der Waals surface area contributed by atoms with Gasteiger partial charge in [-0.1, -0.05) is 31.4 Å². The SMILES string of the molecule is CCC(CC1CC1)NS(=O)(=O)c1ccc(Cl)cc1N. The topological polar surface area (TPSA) is 72.2 Å². The van der Waals surface area contributed by atoms with Gasteiger partial charge in [0.2, 0.25) is 10.0 Å². The summed E-state index contributed by atoms with van der Waals surface area (Å²) in [5.41, 5.74) is 5.92. The summed E-state index contributed by atoms with van der Waals surface area (Å²) in [5.74, 6) is 0.676. The van der Waals surface area contributed by atoms with E-state index in [-0.39, 0.29) is 16.6 Å². The number of sulfonamides is 1. The molecule has 2 rings (SSSR count). The molecule has 0 radical (unpaired) electrons. The van der Waals surface area contributed by atoms with E-state index in [2.05, 4.69) is 4.72 Å². The first-order valence-corrected chi connectivity index (χ1v) is 8.36. The van der Waals surface area contributed by atoms with Gasteiger partial charge in [0.25, 0.3) is 0 Å². The summed E-state index contributed by atoms with van der Waals surface area (Å²) in [5, 5.41) is 0.432. The Bertz CT molecular complexity index is 556. The molecule has 0 heterocycles. The van der Waals surface area contributed by atoms with Gasteiger partial charge in [0, 0.05) is 11.1 Å². The lowest BCUT2D eigenvalue weighted by molar-refractivity contribution is 0.495. The van der Waals surface area contributed by atoms with Crippen molar-refractivity contribution in [3.05, 3.63) is 23.2 Å². The van der Waals surface area contributed by atoms with E-state index in [1.807, 2.05) is 6.92 Å². The molecule has 1 aliphatic rings. The van der Waals surface area contributed by atoms with Crippen molar-refractivity contribution in [1.29, 1.82) is 0 Å². The molecule has 19 heavy (non-hydrogen) atoms. The Morgan fingerprint density at radius 3 is 2.68 bits per heavy atom. The summed E-state index contributed by atoms with van der Waals surface area (Å²) < 4.78 is 27.3. The summed E-state index contributed by atoms with van der Waals surface area (Å²) in [7, 11) is -3.57. The highest BCUT2D eigenvalue weighted by Gasteiger charge is 2.28. The van der Waals surface area contributed by atoms with Crippen LogP contribution in [0, 0.1) is 5.92 Å². The van der Waals surface area contributed by atoms with Gasteiger partial charge >= 0.3 is 0 Å². The standard InChI is InChI=1S/C13H19ClN2O2S/c1-2-11(7-9-3-4-9)16-19(17,18)13-6-5-10(14)8-12(13)15/h5-6,8-9,11,16H,2-4,7,15H2,1H3. The maximum atomic E-state index is 12.3. The van der Waals surface area contributed by atoms with Gasteiger partial charge in [-0.05, 0) is 37.0 Å². The highest BCUT2D eigenvalue weighted by atomic mass is 35.5. The van der Waals surface area contributed by atoms with E-state index in [1.165, 1.54) is 31.0 Å². The smallest absolute Gasteiger partial charge is 0.242 e. The Morgan fingerprint density at radius 2 is 2.16 bits per heavy atom. The minimum atomic E-state index is -3.57. The average Bonchev–Trinajstić information content (AvgIpc) is 3.11. The second-order valence-corrected chi connectivity index (χ2v) is 7.21. The lowest BCUT2D eigenvalue weighted by Gasteiger charge is -2.17. The van der Waals surface area contributed by atoms with Crippen LogP contribution in [0.3, 0.4) is 0 Å². The molecule has 0 spiro atoms. The van der Waals surface area contributed by atoms with Crippen molar-refractivity contribution in [1.82, 2.24) is 4.72 Å². The van der Waals surface area contributed by atoms with Gasteiger partial charge in [0.05, 0.1) is 5.69 Å². The zero-order chi connectivity index (χ0) is 14.0. The Morgan fingerprint density at radius 1 is 1.47 bits per heavy atom. The van der Waals surface area contributed by atoms with E-state index in [9.17, 15) is 8.42 Å². The normalized spacial score (nSPS) is 17.4. The Balaban J connectivity index is 2.15. The quantitative estimate of drug-likeness (QED) is 0.794. The van der Waals surface area contributed by atoms with Crippen LogP contribution >= 0.6 is 11.6 Å². The minimum absolute atomic E-state index is 0.0208. The number of anilines is 1. The van der Waals surface area contributed by atoms with E-state index in [0.717, 1.165) is 12.8 Å². The first kappa shape index (κ1) is 14.6. The summed E-state index contributed by atoms with van der Waals surface area (Å²) in [4.78, 5) is 0.103. The molecule has 0 aromatic heterocycles. The lowest BCUT2D eigenvalue weighted by atomic mass is 10.1. The molecule has 0 aliphatic heterocycles. The molecular formula is C13H19ClN2O2S. The van der Waals surface area contributed by atoms with E-state index in [0.29, 0.717) is 10.9 Å². The first-order valence-electron chi connectivity index (χ1n) is 6.49. The zero-order valence-corrected chi connectivity index (χ0v) is 12.5. The van der Waals surface area contributed by atoms with Gasteiger partial charge in [0.1, 0.15) is 4.90 Å². The van der Waals surface area contributed by atoms with Crippen LogP contribution in [0.4, 0.5) is 5.69 Å². The van der Waals surface area contributed by atoms with Gasteiger partial charge in [-0.25, -0.2) is 13.1 Å². The second-order valence-electron chi connectivity index (χ2n) is 5.09. The molecule has 0 bridgehead atoms. The van der Waals surface area contributed by atoms with Crippen molar-refractivity contribution in [2.75, 3.05) is 5.73 Å². The molecule has 6 heteroatoms. The number of hydrogen-bond donors (Lipinski definition) is 2. The number of nitrogen functional groups attached to an aromatic ring is 1. The average molecular weight is 303 g/mol. The molecule has 1 unspecified atom stereocenters. The molecule has 106 valence electrons. The van der Waals surface area contributed by atoms with Crippen molar-refractivity contribution in [3.8, 4) is 0 Å². The molecule has 4 nitrogen and oxygen atoms in total. The maximum Gasteiger partial charge on any atom is 0.242 e. The Hall–Kier alpha value is -0.780. The zero-order valence-electron chi connectivity index (χ0n) is 10.9. The van der Waals surface area contributed by atoms with Gasteiger partial charge < -0.3 is 5.73 Å². The number of nitrogens with one attached hydrogen (secondary N) is 1. The second kappa shape index (κ2) is 5.69. The molecule has 0 amide bonds. The first-order chi connectivity index (χ1) is 8.92. The third-order valence-electron chi connectivity index (χ3n) is 3.39. The number of benzene rings is 1. The molecule has 3 N–H and O–H groups in total. The van der Waals surface area contributed by atoms with Crippen LogP contribution in [0.15, 0.2) is 23.1 Å². The van der Waals surface area contributed by atoms with Crippen LogP contribution in [-0.4, -0.2) is 14.5 Å². The van der Waals surface area contributed by atoms with E-state index >= 15 is 0 Å². The van der Waals surface area contributed by atoms with Gasteiger partial charge in [-0.2, -0.15) is 0 Å². The molecular weight excluding hydrogens is 284 g/mol. The van der Waals surface area contributed by atoms with Gasteiger partial charge in [-0.15, -0.1) is 0 Å². The predicted molar refractivity (Wildman–Crippen MR) is 77.6 cm³/mol. The fraction of sp³-hybridized carbons (Fsp3) is 0.538. The number of nitrogens with two attached hydrogens (primary N) is 1. The largest absolute Gasteiger partial charge is 0.398 e. The van der Waals surface area contributed by atoms with Crippen molar-refractivity contribution in [3.63, 3.8) is 0 Å². The summed E-state index contributed by atoms with van der Waals surface area (Å²) in [6, 6.07) is 4.42. The molecule has 1 fully saturated rings. The fourth-order valence-electron chi connectivity index (χ4n) is 2.10. The summed E-state index contributed by atoms with van der Waals surface area (Å²) in [6.45, 7) is 1.99. The molecule has 0 saturated heterocycles. The van der Waals surface area contributed by atoms with Crippen LogP contribution < -0.4 is 10.5 Å². The van der Waals surface area contributed by atoms with E-state index < -0.39 is 10.0 Å².